The van der Waals surface area contributed by atoms with Gasteiger partial charge in [-0.3, -0.25) is 4.79 Å². The summed E-state index contributed by atoms with van der Waals surface area (Å²) in [5.74, 6) is -2.46. The lowest BCUT2D eigenvalue weighted by Crippen LogP contribution is -2.42. The first-order valence-corrected chi connectivity index (χ1v) is 8.45. The summed E-state index contributed by atoms with van der Waals surface area (Å²) < 4.78 is 40.8. The Labute approximate surface area is 154 Å². The molecule has 1 atom stereocenters. The fourth-order valence-corrected chi connectivity index (χ4v) is 2.88. The topological polar surface area (TPSA) is 66.4 Å². The molecule has 9 heteroatoms. The standard InChI is InChI=1S/C18H19F3N4O2/c1-11(9-19)22-17(26)13-4-5-24-6-7-25(10-16(13)24)18(27)23-12-2-3-14(20)15(21)8-12/h2-5,8,11H,6-7,9-10H2,1H3,(H,22,26)(H,23,27)/t11-/m1/s1. The van der Waals surface area contributed by atoms with Crippen molar-refractivity contribution in [1.29, 1.82) is 0 Å². The molecule has 0 aliphatic carbocycles. The Morgan fingerprint density at radius 2 is 1.96 bits per heavy atom. The van der Waals surface area contributed by atoms with Crippen LogP contribution in [0, 0.1) is 11.6 Å². The van der Waals surface area contributed by atoms with Crippen molar-refractivity contribution in [3.8, 4) is 0 Å². The van der Waals surface area contributed by atoms with Gasteiger partial charge in [0.2, 0.25) is 0 Å². The van der Waals surface area contributed by atoms with Crippen LogP contribution in [0.3, 0.4) is 0 Å². The minimum Gasteiger partial charge on any atom is -0.347 e. The van der Waals surface area contributed by atoms with E-state index in [1.807, 2.05) is 4.57 Å². The zero-order valence-electron chi connectivity index (χ0n) is 14.6. The van der Waals surface area contributed by atoms with Crippen LogP contribution in [-0.4, -0.2) is 40.7 Å². The van der Waals surface area contributed by atoms with E-state index in [1.54, 1.807) is 19.2 Å². The molecule has 0 saturated heterocycles. The van der Waals surface area contributed by atoms with E-state index in [1.165, 1.54) is 11.0 Å². The molecule has 0 spiro atoms. The van der Waals surface area contributed by atoms with Gasteiger partial charge in [-0.25, -0.2) is 18.0 Å². The van der Waals surface area contributed by atoms with Gasteiger partial charge in [0.05, 0.1) is 23.8 Å². The van der Waals surface area contributed by atoms with E-state index in [-0.39, 0.29) is 12.2 Å². The highest BCUT2D eigenvalue weighted by molar-refractivity contribution is 5.96. The zero-order chi connectivity index (χ0) is 19.6. The first-order valence-electron chi connectivity index (χ1n) is 8.45. The summed E-state index contributed by atoms with van der Waals surface area (Å²) in [4.78, 5) is 26.2. The van der Waals surface area contributed by atoms with E-state index in [2.05, 4.69) is 10.6 Å². The third-order valence-corrected chi connectivity index (χ3v) is 4.34. The van der Waals surface area contributed by atoms with Gasteiger partial charge < -0.3 is 20.1 Å². The molecule has 144 valence electrons. The molecule has 1 aliphatic heterocycles. The number of benzene rings is 1. The van der Waals surface area contributed by atoms with E-state index < -0.39 is 36.3 Å². The third-order valence-electron chi connectivity index (χ3n) is 4.34. The van der Waals surface area contributed by atoms with Crippen LogP contribution in [0.5, 0.6) is 0 Å². The Morgan fingerprint density at radius 1 is 1.19 bits per heavy atom. The number of hydrogen-bond acceptors (Lipinski definition) is 2. The van der Waals surface area contributed by atoms with Gasteiger partial charge in [0.25, 0.3) is 5.91 Å². The van der Waals surface area contributed by atoms with Crippen LogP contribution in [0.25, 0.3) is 0 Å². The number of rotatable bonds is 4. The van der Waals surface area contributed by atoms with Crippen molar-refractivity contribution in [1.82, 2.24) is 14.8 Å². The van der Waals surface area contributed by atoms with Crippen LogP contribution in [0.2, 0.25) is 0 Å². The van der Waals surface area contributed by atoms with Crippen molar-refractivity contribution in [2.24, 2.45) is 0 Å². The number of halogens is 3. The maximum absolute atomic E-state index is 13.3. The number of nitrogens with one attached hydrogen (secondary N) is 2. The Hall–Kier alpha value is -2.97. The normalized spacial score (nSPS) is 14.4. The van der Waals surface area contributed by atoms with Crippen molar-refractivity contribution in [2.45, 2.75) is 26.1 Å². The van der Waals surface area contributed by atoms with Crippen molar-refractivity contribution in [2.75, 3.05) is 18.5 Å². The summed E-state index contributed by atoms with van der Waals surface area (Å²) in [6.45, 7) is 1.91. The summed E-state index contributed by atoms with van der Waals surface area (Å²) >= 11 is 0. The zero-order valence-corrected chi connectivity index (χ0v) is 14.6. The minimum atomic E-state index is -1.05. The fourth-order valence-electron chi connectivity index (χ4n) is 2.88. The summed E-state index contributed by atoms with van der Waals surface area (Å²) in [7, 11) is 0. The molecule has 1 aliphatic rings. The van der Waals surface area contributed by atoms with Gasteiger partial charge in [-0.1, -0.05) is 0 Å². The Bertz CT molecular complexity index is 868. The highest BCUT2D eigenvalue weighted by Crippen LogP contribution is 2.20. The predicted molar refractivity (Wildman–Crippen MR) is 93.1 cm³/mol. The highest BCUT2D eigenvalue weighted by Gasteiger charge is 2.26. The molecule has 3 amide bonds. The van der Waals surface area contributed by atoms with Crippen LogP contribution < -0.4 is 10.6 Å². The summed E-state index contributed by atoms with van der Waals surface area (Å²) in [5.41, 5.74) is 1.14. The number of carbonyl (C=O) groups is 2. The quantitative estimate of drug-likeness (QED) is 0.857. The molecule has 0 radical (unpaired) electrons. The number of urea groups is 1. The summed E-state index contributed by atoms with van der Waals surface area (Å²) in [5, 5.41) is 5.07. The maximum Gasteiger partial charge on any atom is 0.322 e. The number of anilines is 1. The molecule has 0 bridgehead atoms. The van der Waals surface area contributed by atoms with E-state index in [0.29, 0.717) is 24.3 Å². The van der Waals surface area contributed by atoms with Gasteiger partial charge in [-0.05, 0) is 25.1 Å². The minimum absolute atomic E-state index is 0.134. The van der Waals surface area contributed by atoms with Gasteiger partial charge >= 0.3 is 6.03 Å². The molecule has 2 aromatic rings. The second-order valence-electron chi connectivity index (χ2n) is 6.38. The number of aromatic nitrogens is 1. The number of carbonyl (C=O) groups excluding carboxylic acids is 2. The number of amides is 3. The van der Waals surface area contributed by atoms with Gasteiger partial charge in [0.1, 0.15) is 6.67 Å². The fraction of sp³-hybridized carbons (Fsp3) is 0.333. The average Bonchev–Trinajstić information content (AvgIpc) is 3.07. The number of nitrogens with zero attached hydrogens (tertiary/aromatic N) is 2. The molecule has 1 aromatic carbocycles. The average molecular weight is 380 g/mol. The van der Waals surface area contributed by atoms with Crippen molar-refractivity contribution < 1.29 is 22.8 Å². The van der Waals surface area contributed by atoms with Gasteiger partial charge in [0.15, 0.2) is 11.6 Å². The third kappa shape index (κ3) is 4.07. The highest BCUT2D eigenvalue weighted by atomic mass is 19.2. The lowest BCUT2D eigenvalue weighted by molar-refractivity contribution is 0.0931. The molecular weight excluding hydrogens is 361 g/mol. The smallest absolute Gasteiger partial charge is 0.322 e. The van der Waals surface area contributed by atoms with Crippen LogP contribution in [0.15, 0.2) is 30.5 Å². The molecule has 0 unspecified atom stereocenters. The number of hydrogen-bond donors (Lipinski definition) is 2. The monoisotopic (exact) mass is 380 g/mol. The first-order chi connectivity index (χ1) is 12.9. The lowest BCUT2D eigenvalue weighted by atomic mass is 10.2. The van der Waals surface area contributed by atoms with Crippen molar-refractivity contribution in [3.05, 3.63) is 53.4 Å². The summed E-state index contributed by atoms with van der Waals surface area (Å²) in [6.07, 6.45) is 1.74. The van der Waals surface area contributed by atoms with Crippen LogP contribution in [0.1, 0.15) is 23.0 Å². The molecular formula is C18H19F3N4O2. The largest absolute Gasteiger partial charge is 0.347 e. The van der Waals surface area contributed by atoms with Crippen LogP contribution >= 0.6 is 0 Å². The molecule has 27 heavy (non-hydrogen) atoms. The van der Waals surface area contributed by atoms with Crippen LogP contribution in [0.4, 0.5) is 23.7 Å². The second-order valence-corrected chi connectivity index (χ2v) is 6.38. The summed E-state index contributed by atoms with van der Waals surface area (Å²) in [6, 6.07) is 3.63. The van der Waals surface area contributed by atoms with E-state index in [9.17, 15) is 22.8 Å². The number of alkyl halides is 1. The molecule has 0 fully saturated rings. The van der Waals surface area contributed by atoms with Gasteiger partial charge in [-0.15, -0.1) is 0 Å². The first kappa shape index (κ1) is 18.8. The van der Waals surface area contributed by atoms with Crippen molar-refractivity contribution >= 4 is 17.6 Å². The van der Waals surface area contributed by atoms with Crippen molar-refractivity contribution in [3.63, 3.8) is 0 Å². The Balaban J connectivity index is 1.71. The Morgan fingerprint density at radius 3 is 2.67 bits per heavy atom. The second kappa shape index (κ2) is 7.73. The number of fused-ring (bicyclic) bond motifs is 1. The predicted octanol–water partition coefficient (Wildman–Crippen LogP) is 2.90. The van der Waals surface area contributed by atoms with Gasteiger partial charge in [0, 0.05) is 31.0 Å². The van der Waals surface area contributed by atoms with Gasteiger partial charge in [-0.2, -0.15) is 0 Å². The molecule has 2 heterocycles. The molecule has 0 saturated carbocycles. The lowest BCUT2D eigenvalue weighted by Gasteiger charge is -2.29. The van der Waals surface area contributed by atoms with Crippen LogP contribution in [-0.2, 0) is 13.1 Å². The molecule has 6 nitrogen and oxygen atoms in total. The molecule has 2 N–H and O–H groups in total. The van der Waals surface area contributed by atoms with E-state index >= 15 is 0 Å². The molecule has 3 rings (SSSR count). The molecule has 1 aromatic heterocycles. The SMILES string of the molecule is C[C@H](CF)NC(=O)c1ccn2c1CN(C(=O)Nc1ccc(F)c(F)c1)CC2. The van der Waals surface area contributed by atoms with E-state index in [4.69, 9.17) is 0 Å². The maximum atomic E-state index is 13.3. The Kier molecular flexibility index (Phi) is 5.38. The van der Waals surface area contributed by atoms with E-state index in [0.717, 1.165) is 12.1 Å².